The lowest BCUT2D eigenvalue weighted by Gasteiger charge is -2.11. The van der Waals surface area contributed by atoms with Crippen LogP contribution in [0.3, 0.4) is 0 Å². The molecular formula is C14H17BrIN3S. The maximum Gasteiger partial charge on any atom is 0.191 e. The number of rotatable bonds is 4. The lowest BCUT2D eigenvalue weighted by atomic mass is 10.2. The van der Waals surface area contributed by atoms with E-state index >= 15 is 0 Å². The van der Waals surface area contributed by atoms with Crippen molar-refractivity contribution in [3.05, 3.63) is 56.7 Å². The van der Waals surface area contributed by atoms with Gasteiger partial charge in [-0.05, 0) is 27.6 Å². The molecule has 1 aromatic carbocycles. The van der Waals surface area contributed by atoms with Crippen LogP contribution in [0, 0.1) is 0 Å². The number of thiophene rings is 1. The number of benzene rings is 1. The molecule has 0 fully saturated rings. The van der Waals surface area contributed by atoms with Gasteiger partial charge in [-0.1, -0.05) is 30.3 Å². The maximum atomic E-state index is 4.21. The van der Waals surface area contributed by atoms with E-state index in [1.807, 2.05) is 18.2 Å². The Kier molecular flexibility index (Phi) is 8.16. The van der Waals surface area contributed by atoms with Crippen molar-refractivity contribution in [3.8, 4) is 0 Å². The molecule has 0 spiro atoms. The summed E-state index contributed by atoms with van der Waals surface area (Å²) < 4.78 is 1.13. The number of nitrogens with one attached hydrogen (secondary N) is 2. The Morgan fingerprint density at radius 1 is 1.20 bits per heavy atom. The largest absolute Gasteiger partial charge is 0.352 e. The first-order chi connectivity index (χ1) is 9.28. The van der Waals surface area contributed by atoms with Crippen molar-refractivity contribution in [2.45, 2.75) is 13.1 Å². The maximum absolute atomic E-state index is 4.21. The average Bonchev–Trinajstić information content (AvgIpc) is 2.86. The van der Waals surface area contributed by atoms with E-state index in [-0.39, 0.29) is 24.0 Å². The fourth-order valence-electron chi connectivity index (χ4n) is 1.62. The fraction of sp³-hybridized carbons (Fsp3) is 0.214. The van der Waals surface area contributed by atoms with Crippen LogP contribution in [-0.4, -0.2) is 13.0 Å². The topological polar surface area (TPSA) is 36.4 Å². The Morgan fingerprint density at radius 3 is 2.50 bits per heavy atom. The molecule has 0 saturated carbocycles. The molecule has 2 rings (SSSR count). The minimum absolute atomic E-state index is 0. The third kappa shape index (κ3) is 5.80. The van der Waals surface area contributed by atoms with Gasteiger partial charge in [0.25, 0.3) is 0 Å². The van der Waals surface area contributed by atoms with Gasteiger partial charge in [0.1, 0.15) is 0 Å². The molecule has 6 heteroatoms. The Labute approximate surface area is 149 Å². The molecule has 108 valence electrons. The van der Waals surface area contributed by atoms with Crippen LogP contribution in [0.4, 0.5) is 0 Å². The minimum atomic E-state index is 0. The standard InChI is InChI=1S/C14H16BrN3S.HI/c1-16-14(17-8-11-5-3-2-4-6-11)18-9-13-7-12(15)10-19-13;/h2-7,10H,8-9H2,1H3,(H2,16,17,18);1H. The minimum Gasteiger partial charge on any atom is -0.352 e. The second-order valence-electron chi connectivity index (χ2n) is 4.00. The van der Waals surface area contributed by atoms with Gasteiger partial charge in [0.05, 0.1) is 6.54 Å². The summed E-state index contributed by atoms with van der Waals surface area (Å²) in [5.74, 6) is 0.813. The predicted molar refractivity (Wildman–Crippen MR) is 101 cm³/mol. The summed E-state index contributed by atoms with van der Waals surface area (Å²) in [6, 6.07) is 12.4. The van der Waals surface area contributed by atoms with Gasteiger partial charge in [-0.15, -0.1) is 35.3 Å². The lowest BCUT2D eigenvalue weighted by molar-refractivity contribution is 0.815. The van der Waals surface area contributed by atoms with Crippen molar-refractivity contribution in [1.29, 1.82) is 0 Å². The lowest BCUT2D eigenvalue weighted by Crippen LogP contribution is -2.36. The summed E-state index contributed by atoms with van der Waals surface area (Å²) in [6.45, 7) is 1.55. The van der Waals surface area contributed by atoms with Crippen LogP contribution < -0.4 is 10.6 Å². The van der Waals surface area contributed by atoms with Gasteiger partial charge in [0, 0.05) is 28.3 Å². The molecule has 0 amide bonds. The molecule has 0 atom stereocenters. The van der Waals surface area contributed by atoms with E-state index in [4.69, 9.17) is 0 Å². The molecule has 0 unspecified atom stereocenters. The highest BCUT2D eigenvalue weighted by Crippen LogP contribution is 2.19. The van der Waals surface area contributed by atoms with E-state index in [0.717, 1.165) is 23.5 Å². The van der Waals surface area contributed by atoms with E-state index in [1.165, 1.54) is 10.4 Å². The van der Waals surface area contributed by atoms with Crippen molar-refractivity contribution < 1.29 is 0 Å². The quantitative estimate of drug-likeness (QED) is 0.407. The molecule has 0 saturated heterocycles. The normalized spacial score (nSPS) is 10.8. The van der Waals surface area contributed by atoms with Crippen molar-refractivity contribution >= 4 is 57.2 Å². The summed E-state index contributed by atoms with van der Waals surface area (Å²) in [5.41, 5.74) is 1.24. The Balaban J connectivity index is 0.00000200. The van der Waals surface area contributed by atoms with Gasteiger partial charge >= 0.3 is 0 Å². The van der Waals surface area contributed by atoms with Crippen molar-refractivity contribution in [1.82, 2.24) is 10.6 Å². The number of aliphatic imine (C=N–C) groups is 1. The molecule has 2 aromatic rings. The number of hydrogen-bond donors (Lipinski definition) is 2. The van der Waals surface area contributed by atoms with Gasteiger partial charge in [-0.3, -0.25) is 4.99 Å². The van der Waals surface area contributed by atoms with Gasteiger partial charge in [0.15, 0.2) is 5.96 Å². The zero-order valence-corrected chi connectivity index (χ0v) is 15.8. The average molecular weight is 466 g/mol. The molecule has 0 aliphatic rings. The summed E-state index contributed by atoms with van der Waals surface area (Å²) in [5, 5.41) is 8.67. The Bertz CT molecular complexity index is 542. The highest BCUT2D eigenvalue weighted by atomic mass is 127. The molecular weight excluding hydrogens is 449 g/mol. The first-order valence-electron chi connectivity index (χ1n) is 5.99. The van der Waals surface area contributed by atoms with E-state index in [1.54, 1.807) is 18.4 Å². The van der Waals surface area contributed by atoms with E-state index in [2.05, 4.69) is 55.1 Å². The van der Waals surface area contributed by atoms with Crippen LogP contribution in [0.1, 0.15) is 10.4 Å². The highest BCUT2D eigenvalue weighted by Gasteiger charge is 2.00. The first-order valence-corrected chi connectivity index (χ1v) is 7.66. The van der Waals surface area contributed by atoms with Crippen LogP contribution in [0.15, 0.2) is 51.2 Å². The second kappa shape index (κ2) is 9.36. The smallest absolute Gasteiger partial charge is 0.191 e. The van der Waals surface area contributed by atoms with Crippen LogP contribution in [0.5, 0.6) is 0 Å². The SMILES string of the molecule is CN=C(NCc1ccccc1)NCc1cc(Br)cs1.I. The van der Waals surface area contributed by atoms with Crippen molar-refractivity contribution in [2.24, 2.45) is 4.99 Å². The van der Waals surface area contributed by atoms with Gasteiger partial charge < -0.3 is 10.6 Å². The van der Waals surface area contributed by atoms with E-state index in [9.17, 15) is 0 Å². The highest BCUT2D eigenvalue weighted by molar-refractivity contribution is 14.0. The zero-order chi connectivity index (χ0) is 13.5. The number of nitrogens with zero attached hydrogens (tertiary/aromatic N) is 1. The van der Waals surface area contributed by atoms with Crippen molar-refractivity contribution in [2.75, 3.05) is 7.05 Å². The number of guanidine groups is 1. The molecule has 0 bridgehead atoms. The molecule has 2 N–H and O–H groups in total. The van der Waals surface area contributed by atoms with Crippen LogP contribution >= 0.6 is 51.2 Å². The Morgan fingerprint density at radius 2 is 1.90 bits per heavy atom. The van der Waals surface area contributed by atoms with Gasteiger partial charge in [0.2, 0.25) is 0 Å². The van der Waals surface area contributed by atoms with Crippen LogP contribution in [0.25, 0.3) is 0 Å². The van der Waals surface area contributed by atoms with Crippen molar-refractivity contribution in [3.63, 3.8) is 0 Å². The molecule has 0 aliphatic carbocycles. The summed E-state index contributed by atoms with van der Waals surface area (Å²) in [4.78, 5) is 5.49. The molecule has 0 radical (unpaired) electrons. The van der Waals surface area contributed by atoms with E-state index in [0.29, 0.717) is 0 Å². The fourth-order valence-corrected chi connectivity index (χ4v) is 3.01. The summed E-state index contributed by atoms with van der Waals surface area (Å²) in [6.07, 6.45) is 0. The van der Waals surface area contributed by atoms with Crippen LogP contribution in [-0.2, 0) is 13.1 Å². The monoisotopic (exact) mass is 465 g/mol. The predicted octanol–water partition coefficient (Wildman–Crippen LogP) is 3.99. The number of halogens is 2. The third-order valence-electron chi connectivity index (χ3n) is 2.58. The zero-order valence-electron chi connectivity index (χ0n) is 11.1. The van der Waals surface area contributed by atoms with E-state index < -0.39 is 0 Å². The third-order valence-corrected chi connectivity index (χ3v) is 4.28. The van der Waals surface area contributed by atoms with Gasteiger partial charge in [-0.25, -0.2) is 0 Å². The van der Waals surface area contributed by atoms with Gasteiger partial charge in [-0.2, -0.15) is 0 Å². The molecule has 3 nitrogen and oxygen atoms in total. The molecule has 0 aliphatic heterocycles. The summed E-state index contributed by atoms with van der Waals surface area (Å²) in [7, 11) is 1.78. The second-order valence-corrected chi connectivity index (χ2v) is 5.91. The molecule has 1 aromatic heterocycles. The Hall–Kier alpha value is -0.600. The molecule has 1 heterocycles. The molecule has 20 heavy (non-hydrogen) atoms. The first kappa shape index (κ1) is 17.5. The number of hydrogen-bond acceptors (Lipinski definition) is 2. The van der Waals surface area contributed by atoms with Crippen LogP contribution in [0.2, 0.25) is 0 Å². The summed E-state index contributed by atoms with van der Waals surface area (Å²) >= 11 is 5.18.